The zero-order valence-corrected chi connectivity index (χ0v) is 9.02. The Morgan fingerprint density at radius 1 is 1.54 bits per heavy atom. The van der Waals surface area contributed by atoms with Crippen LogP contribution in [0.4, 0.5) is 0 Å². The summed E-state index contributed by atoms with van der Waals surface area (Å²) in [6.45, 7) is 1.88. The van der Waals surface area contributed by atoms with Crippen molar-refractivity contribution in [3.63, 3.8) is 0 Å². The summed E-state index contributed by atoms with van der Waals surface area (Å²) in [4.78, 5) is 0. The maximum Gasteiger partial charge on any atom is 0.0227 e. The second kappa shape index (κ2) is 6.11. The van der Waals surface area contributed by atoms with Crippen LogP contribution in [0, 0.1) is 0 Å². The first-order valence-corrected chi connectivity index (χ1v) is 6.10. The predicted molar refractivity (Wildman–Crippen MR) is 60.2 cm³/mol. The highest BCUT2D eigenvalue weighted by Gasteiger charge is 1.95. The van der Waals surface area contributed by atoms with E-state index in [9.17, 15) is 0 Å². The molecule has 2 N–H and O–H groups in total. The monoisotopic (exact) mass is 198 g/mol. The Hall–Kier alpha value is -0.410. The summed E-state index contributed by atoms with van der Waals surface area (Å²) in [5.41, 5.74) is 6.83. The molecule has 0 aliphatic carbocycles. The van der Waals surface area contributed by atoms with Gasteiger partial charge in [-0.05, 0) is 43.0 Å². The van der Waals surface area contributed by atoms with Crippen LogP contribution in [0.25, 0.3) is 0 Å². The van der Waals surface area contributed by atoms with Crippen LogP contribution in [0.2, 0.25) is 0 Å². The van der Waals surface area contributed by atoms with Gasteiger partial charge in [0, 0.05) is 18.9 Å². The van der Waals surface area contributed by atoms with Crippen molar-refractivity contribution < 1.29 is 0 Å². The van der Waals surface area contributed by atoms with Gasteiger partial charge in [0.1, 0.15) is 0 Å². The van der Waals surface area contributed by atoms with Crippen molar-refractivity contribution in [2.45, 2.75) is 19.4 Å². The fraction of sp³-hybridized carbons (Fsp3) is 0.600. The van der Waals surface area contributed by atoms with E-state index < -0.39 is 0 Å². The van der Waals surface area contributed by atoms with Crippen LogP contribution in [0.5, 0.6) is 0 Å². The third-order valence-electron chi connectivity index (χ3n) is 2.01. The molecule has 0 radical (unpaired) electrons. The van der Waals surface area contributed by atoms with Gasteiger partial charge in [0.15, 0.2) is 0 Å². The molecule has 1 aromatic heterocycles. The molecular weight excluding hydrogens is 180 g/mol. The summed E-state index contributed by atoms with van der Waals surface area (Å²) in [5, 5.41) is 0. The van der Waals surface area contributed by atoms with Gasteiger partial charge in [-0.25, -0.2) is 0 Å². The van der Waals surface area contributed by atoms with Gasteiger partial charge in [0.25, 0.3) is 0 Å². The molecule has 13 heavy (non-hydrogen) atoms. The van der Waals surface area contributed by atoms with Crippen molar-refractivity contribution in [2.24, 2.45) is 5.73 Å². The fourth-order valence-corrected chi connectivity index (χ4v) is 1.75. The van der Waals surface area contributed by atoms with Crippen molar-refractivity contribution >= 4 is 11.8 Å². The quantitative estimate of drug-likeness (QED) is 0.706. The molecule has 0 saturated heterocycles. The number of rotatable bonds is 6. The van der Waals surface area contributed by atoms with Gasteiger partial charge in [-0.15, -0.1) is 0 Å². The second-order valence-corrected chi connectivity index (χ2v) is 4.13. The molecule has 0 aliphatic rings. The first-order valence-electron chi connectivity index (χ1n) is 4.70. The average molecular weight is 198 g/mol. The number of thioether (sulfide) groups is 1. The lowest BCUT2D eigenvalue weighted by Gasteiger charge is -2.00. The Kier molecular flexibility index (Phi) is 5.01. The number of hydrogen-bond acceptors (Lipinski definition) is 2. The summed E-state index contributed by atoms with van der Waals surface area (Å²) >= 11 is 1.90. The van der Waals surface area contributed by atoms with E-state index in [-0.39, 0.29) is 0 Å². The molecule has 0 atom stereocenters. The van der Waals surface area contributed by atoms with E-state index in [4.69, 9.17) is 5.73 Å². The Labute approximate surface area is 84.5 Å². The van der Waals surface area contributed by atoms with E-state index >= 15 is 0 Å². The summed E-state index contributed by atoms with van der Waals surface area (Å²) < 4.78 is 2.25. The molecule has 74 valence electrons. The number of nitrogens with zero attached hydrogens (tertiary/aromatic N) is 1. The van der Waals surface area contributed by atoms with E-state index in [1.165, 1.54) is 17.7 Å². The van der Waals surface area contributed by atoms with Gasteiger partial charge < -0.3 is 10.3 Å². The minimum absolute atomic E-state index is 0.745. The van der Waals surface area contributed by atoms with E-state index in [0.717, 1.165) is 19.5 Å². The molecule has 0 saturated carbocycles. The maximum absolute atomic E-state index is 5.48. The minimum atomic E-state index is 0.745. The Bertz CT molecular complexity index is 233. The van der Waals surface area contributed by atoms with E-state index in [2.05, 4.69) is 29.3 Å². The van der Waals surface area contributed by atoms with Gasteiger partial charge in [-0.2, -0.15) is 11.8 Å². The smallest absolute Gasteiger partial charge is 0.0227 e. The topological polar surface area (TPSA) is 30.9 Å². The lowest BCUT2D eigenvalue weighted by molar-refractivity contribution is 0.686. The van der Waals surface area contributed by atoms with Crippen LogP contribution in [-0.2, 0) is 13.0 Å². The van der Waals surface area contributed by atoms with Gasteiger partial charge in [-0.3, -0.25) is 0 Å². The Balaban J connectivity index is 2.31. The lowest BCUT2D eigenvalue weighted by Crippen LogP contribution is -2.02. The minimum Gasteiger partial charge on any atom is -0.354 e. The maximum atomic E-state index is 5.48. The van der Waals surface area contributed by atoms with Gasteiger partial charge in [0.2, 0.25) is 0 Å². The molecule has 1 aromatic rings. The third kappa shape index (κ3) is 3.87. The third-order valence-corrected chi connectivity index (χ3v) is 2.71. The molecule has 0 fully saturated rings. The highest BCUT2D eigenvalue weighted by atomic mass is 32.2. The number of hydrogen-bond donors (Lipinski definition) is 1. The summed E-state index contributed by atoms with van der Waals surface area (Å²) in [5.74, 6) is 1.24. The van der Waals surface area contributed by atoms with E-state index in [1.807, 2.05) is 11.8 Å². The van der Waals surface area contributed by atoms with Crippen LogP contribution >= 0.6 is 11.8 Å². The van der Waals surface area contributed by atoms with Crippen LogP contribution in [-0.4, -0.2) is 23.1 Å². The van der Waals surface area contributed by atoms with Crippen LogP contribution < -0.4 is 5.73 Å². The molecule has 2 nitrogen and oxygen atoms in total. The van der Waals surface area contributed by atoms with Crippen LogP contribution in [0.1, 0.15) is 12.0 Å². The first-order chi connectivity index (χ1) is 6.36. The lowest BCUT2D eigenvalue weighted by atomic mass is 10.2. The Morgan fingerprint density at radius 2 is 2.38 bits per heavy atom. The van der Waals surface area contributed by atoms with Crippen molar-refractivity contribution in [1.82, 2.24) is 4.57 Å². The van der Waals surface area contributed by atoms with Crippen molar-refractivity contribution in [3.8, 4) is 0 Å². The number of aromatic nitrogens is 1. The molecule has 1 rings (SSSR count). The van der Waals surface area contributed by atoms with E-state index in [1.54, 1.807) is 0 Å². The SMILES string of the molecule is CSCCCn1ccc(CCN)c1. The molecule has 0 bridgehead atoms. The molecule has 0 aliphatic heterocycles. The van der Waals surface area contributed by atoms with Crippen LogP contribution in [0.15, 0.2) is 18.5 Å². The molecule has 0 amide bonds. The highest BCUT2D eigenvalue weighted by Crippen LogP contribution is 2.04. The molecule has 1 heterocycles. The van der Waals surface area contributed by atoms with Crippen LogP contribution in [0.3, 0.4) is 0 Å². The standard InChI is InChI=1S/C10H18N2S/c1-13-8-2-6-12-7-4-10(9-12)3-5-11/h4,7,9H,2-3,5-6,8,11H2,1H3. The van der Waals surface area contributed by atoms with Crippen molar-refractivity contribution in [1.29, 1.82) is 0 Å². The first kappa shape index (κ1) is 10.7. The average Bonchev–Trinajstić information content (AvgIpc) is 2.54. The molecule has 0 spiro atoms. The fourth-order valence-electron chi connectivity index (χ4n) is 1.34. The molecule has 3 heteroatoms. The van der Waals surface area contributed by atoms with E-state index in [0.29, 0.717) is 0 Å². The van der Waals surface area contributed by atoms with Crippen molar-refractivity contribution in [2.75, 3.05) is 18.6 Å². The zero-order valence-electron chi connectivity index (χ0n) is 8.20. The zero-order chi connectivity index (χ0) is 9.52. The van der Waals surface area contributed by atoms with Crippen molar-refractivity contribution in [3.05, 3.63) is 24.0 Å². The van der Waals surface area contributed by atoms with Gasteiger partial charge in [-0.1, -0.05) is 0 Å². The molecular formula is C10H18N2S. The second-order valence-electron chi connectivity index (χ2n) is 3.14. The normalized spacial score (nSPS) is 10.6. The van der Waals surface area contributed by atoms with Gasteiger partial charge >= 0.3 is 0 Å². The number of nitrogens with two attached hydrogens (primary N) is 1. The summed E-state index contributed by atoms with van der Waals surface area (Å²) in [7, 11) is 0. The summed E-state index contributed by atoms with van der Waals surface area (Å²) in [6.07, 6.45) is 8.74. The summed E-state index contributed by atoms with van der Waals surface area (Å²) in [6, 6.07) is 2.16. The molecule has 0 unspecified atom stereocenters. The predicted octanol–water partition coefficient (Wildman–Crippen LogP) is 1.74. The molecule has 0 aromatic carbocycles. The largest absolute Gasteiger partial charge is 0.354 e. The highest BCUT2D eigenvalue weighted by molar-refractivity contribution is 7.98. The van der Waals surface area contributed by atoms with Gasteiger partial charge in [0.05, 0.1) is 0 Å². The number of aryl methyl sites for hydroxylation is 1. The Morgan fingerprint density at radius 3 is 3.08 bits per heavy atom.